The average Bonchev–Trinajstić information content (AvgIpc) is 2.30. The van der Waals surface area contributed by atoms with Crippen molar-refractivity contribution in [2.45, 2.75) is 13.8 Å². The van der Waals surface area contributed by atoms with Gasteiger partial charge in [-0.25, -0.2) is 0 Å². The molecule has 0 atom stereocenters. The molecule has 8 N–H and O–H groups in total. The summed E-state index contributed by atoms with van der Waals surface area (Å²) < 4.78 is 0. The molecule has 96 valence electrons. The van der Waals surface area contributed by atoms with Gasteiger partial charge in [-0.3, -0.25) is 0 Å². The Morgan fingerprint density at radius 3 is 1.78 bits per heavy atom. The third kappa shape index (κ3) is 3.90. The Bertz CT molecular complexity index is 486. The Hall–Kier alpha value is -2.36. The van der Waals surface area contributed by atoms with Gasteiger partial charge in [-0.05, 0) is 49.2 Å². The van der Waals surface area contributed by atoms with Crippen molar-refractivity contribution in [3.63, 3.8) is 0 Å². The van der Waals surface area contributed by atoms with E-state index >= 15 is 0 Å². The maximum absolute atomic E-state index is 5.54. The quantitative estimate of drug-likeness (QED) is 0.534. The second kappa shape index (κ2) is 5.82. The lowest BCUT2D eigenvalue weighted by molar-refractivity contribution is 1.47. The van der Waals surface area contributed by atoms with Crippen LogP contribution in [0.2, 0.25) is 0 Å². The predicted molar refractivity (Wildman–Crippen MR) is 80.0 cm³/mol. The molecule has 0 radical (unpaired) electrons. The lowest BCUT2D eigenvalue weighted by atomic mass is 10.2. The fourth-order valence-corrected chi connectivity index (χ4v) is 1.35. The predicted octanol–water partition coefficient (Wildman–Crippen LogP) is 2.32. The molecule has 0 aliphatic rings. The van der Waals surface area contributed by atoms with Crippen LogP contribution < -0.4 is 22.9 Å². The second-order valence-electron chi connectivity index (χ2n) is 4.25. The summed E-state index contributed by atoms with van der Waals surface area (Å²) in [4.78, 5) is 0. The summed E-state index contributed by atoms with van der Waals surface area (Å²) in [5.41, 5.74) is 27.0. The fraction of sp³-hybridized carbons (Fsp3) is 0.143. The number of anilines is 4. The largest absolute Gasteiger partial charge is 0.399 e. The highest BCUT2D eigenvalue weighted by Crippen LogP contribution is 2.14. The van der Waals surface area contributed by atoms with Gasteiger partial charge in [-0.15, -0.1) is 0 Å². The summed E-state index contributed by atoms with van der Waals surface area (Å²) in [5, 5.41) is 0. The number of nitrogen functional groups attached to an aromatic ring is 4. The molecule has 0 spiro atoms. The van der Waals surface area contributed by atoms with Gasteiger partial charge in [0.15, 0.2) is 0 Å². The summed E-state index contributed by atoms with van der Waals surface area (Å²) in [5.74, 6) is 0. The first-order valence-electron chi connectivity index (χ1n) is 5.63. The zero-order chi connectivity index (χ0) is 13.7. The number of nitrogens with two attached hydrogens (primary N) is 4. The zero-order valence-corrected chi connectivity index (χ0v) is 10.8. The highest BCUT2D eigenvalue weighted by atomic mass is 14.7. The Morgan fingerprint density at radius 2 is 1.33 bits per heavy atom. The van der Waals surface area contributed by atoms with E-state index in [1.165, 1.54) is 0 Å². The van der Waals surface area contributed by atoms with Crippen molar-refractivity contribution in [1.29, 1.82) is 0 Å². The molecule has 0 amide bonds. The lowest BCUT2D eigenvalue weighted by Gasteiger charge is -1.98. The van der Waals surface area contributed by atoms with Crippen LogP contribution in [0.25, 0.3) is 0 Å². The normalized spacial score (nSPS) is 9.44. The van der Waals surface area contributed by atoms with E-state index in [1.54, 1.807) is 6.07 Å². The molecule has 4 heteroatoms. The number of aryl methyl sites for hydroxylation is 2. The Labute approximate surface area is 108 Å². The maximum Gasteiger partial charge on any atom is 0.0550 e. The fourth-order valence-electron chi connectivity index (χ4n) is 1.35. The first-order chi connectivity index (χ1) is 8.40. The SMILES string of the molecule is Cc1ccc(N)c(N)c1.Cc1ccc(N)cc1N. The van der Waals surface area contributed by atoms with E-state index in [9.17, 15) is 0 Å². The van der Waals surface area contributed by atoms with Gasteiger partial charge in [-0.1, -0.05) is 12.1 Å². The third-order valence-corrected chi connectivity index (χ3v) is 2.55. The monoisotopic (exact) mass is 244 g/mol. The summed E-state index contributed by atoms with van der Waals surface area (Å²) >= 11 is 0. The number of hydrogen-bond donors (Lipinski definition) is 4. The van der Waals surface area contributed by atoms with Crippen LogP contribution in [0.5, 0.6) is 0 Å². The standard InChI is InChI=1S/2C7H10N2/c1-5-2-3-6(8)4-7(5)9;1-5-2-3-6(8)7(9)4-5/h2*2-4H,8-9H2,1H3. The van der Waals surface area contributed by atoms with Crippen molar-refractivity contribution < 1.29 is 0 Å². The number of rotatable bonds is 0. The topological polar surface area (TPSA) is 104 Å². The van der Waals surface area contributed by atoms with E-state index in [2.05, 4.69) is 0 Å². The Morgan fingerprint density at radius 1 is 0.667 bits per heavy atom. The molecule has 0 saturated heterocycles. The molecule has 0 aliphatic heterocycles. The van der Waals surface area contributed by atoms with Crippen molar-refractivity contribution in [2.75, 3.05) is 22.9 Å². The summed E-state index contributed by atoms with van der Waals surface area (Å²) in [7, 11) is 0. The first kappa shape index (κ1) is 13.7. The van der Waals surface area contributed by atoms with Crippen molar-refractivity contribution in [2.24, 2.45) is 0 Å². The Balaban J connectivity index is 0.000000180. The van der Waals surface area contributed by atoms with Crippen LogP contribution in [0.15, 0.2) is 36.4 Å². The number of hydrogen-bond acceptors (Lipinski definition) is 4. The molecule has 0 unspecified atom stereocenters. The average molecular weight is 244 g/mol. The van der Waals surface area contributed by atoms with Gasteiger partial charge in [0.05, 0.1) is 11.4 Å². The molecule has 2 aromatic carbocycles. The van der Waals surface area contributed by atoms with Gasteiger partial charge in [0.2, 0.25) is 0 Å². The molecule has 0 fully saturated rings. The maximum atomic E-state index is 5.54. The minimum Gasteiger partial charge on any atom is -0.399 e. The summed E-state index contributed by atoms with van der Waals surface area (Å²) in [6.45, 7) is 3.94. The Kier molecular flexibility index (Phi) is 4.43. The van der Waals surface area contributed by atoms with Gasteiger partial charge in [-0.2, -0.15) is 0 Å². The van der Waals surface area contributed by atoms with Crippen LogP contribution in [0.3, 0.4) is 0 Å². The minimum absolute atomic E-state index is 0.653. The van der Waals surface area contributed by atoms with Crippen molar-refractivity contribution in [3.05, 3.63) is 47.5 Å². The highest BCUT2D eigenvalue weighted by molar-refractivity contribution is 5.63. The number of benzene rings is 2. The van der Waals surface area contributed by atoms with E-state index in [4.69, 9.17) is 22.9 Å². The van der Waals surface area contributed by atoms with Crippen LogP contribution in [0.4, 0.5) is 22.7 Å². The van der Waals surface area contributed by atoms with Gasteiger partial charge in [0, 0.05) is 11.4 Å². The van der Waals surface area contributed by atoms with Crippen molar-refractivity contribution in [3.8, 4) is 0 Å². The molecule has 2 aromatic rings. The van der Waals surface area contributed by atoms with E-state index in [-0.39, 0.29) is 0 Å². The first-order valence-corrected chi connectivity index (χ1v) is 5.63. The molecule has 0 aliphatic carbocycles. The van der Waals surface area contributed by atoms with E-state index in [0.29, 0.717) is 11.4 Å². The second-order valence-corrected chi connectivity index (χ2v) is 4.25. The molecule has 0 bridgehead atoms. The molecule has 0 saturated carbocycles. The van der Waals surface area contributed by atoms with Gasteiger partial charge < -0.3 is 22.9 Å². The molecule has 0 heterocycles. The van der Waals surface area contributed by atoms with Crippen LogP contribution in [-0.2, 0) is 0 Å². The van der Waals surface area contributed by atoms with E-state index in [0.717, 1.165) is 22.5 Å². The molecular weight excluding hydrogens is 224 g/mol. The summed E-state index contributed by atoms with van der Waals surface area (Å²) in [6.07, 6.45) is 0. The molecular formula is C14H20N4. The molecule has 0 aromatic heterocycles. The van der Waals surface area contributed by atoms with E-state index < -0.39 is 0 Å². The molecule has 2 rings (SSSR count). The van der Waals surface area contributed by atoms with Crippen LogP contribution >= 0.6 is 0 Å². The molecule has 4 nitrogen and oxygen atoms in total. The highest BCUT2D eigenvalue weighted by Gasteiger charge is 1.91. The van der Waals surface area contributed by atoms with Gasteiger partial charge >= 0.3 is 0 Å². The van der Waals surface area contributed by atoms with Crippen LogP contribution in [0, 0.1) is 13.8 Å². The third-order valence-electron chi connectivity index (χ3n) is 2.55. The summed E-state index contributed by atoms with van der Waals surface area (Å²) in [6, 6.07) is 11.1. The van der Waals surface area contributed by atoms with Crippen molar-refractivity contribution >= 4 is 22.7 Å². The minimum atomic E-state index is 0.653. The van der Waals surface area contributed by atoms with E-state index in [1.807, 2.05) is 44.2 Å². The van der Waals surface area contributed by atoms with Crippen LogP contribution in [0.1, 0.15) is 11.1 Å². The lowest BCUT2D eigenvalue weighted by Crippen LogP contribution is -1.93. The smallest absolute Gasteiger partial charge is 0.0550 e. The van der Waals surface area contributed by atoms with Gasteiger partial charge in [0.25, 0.3) is 0 Å². The zero-order valence-electron chi connectivity index (χ0n) is 10.8. The molecule has 18 heavy (non-hydrogen) atoms. The van der Waals surface area contributed by atoms with Gasteiger partial charge in [0.1, 0.15) is 0 Å². The van der Waals surface area contributed by atoms with Crippen molar-refractivity contribution in [1.82, 2.24) is 0 Å². The van der Waals surface area contributed by atoms with Crippen LogP contribution in [-0.4, -0.2) is 0 Å².